The van der Waals surface area contributed by atoms with E-state index in [1.165, 1.54) is 13.8 Å². The van der Waals surface area contributed by atoms with Crippen LogP contribution in [0.15, 0.2) is 60.7 Å². The number of esters is 2. The van der Waals surface area contributed by atoms with E-state index < -0.39 is 0 Å². The first-order valence-corrected chi connectivity index (χ1v) is 7.84. The van der Waals surface area contributed by atoms with Crippen LogP contribution >= 0.6 is 0 Å². The Morgan fingerprint density at radius 2 is 0.958 bits per heavy atom. The molecule has 0 spiro atoms. The van der Waals surface area contributed by atoms with Gasteiger partial charge in [0, 0.05) is 13.8 Å². The van der Waals surface area contributed by atoms with Gasteiger partial charge in [-0.2, -0.15) is 0 Å². The molecule has 0 amide bonds. The van der Waals surface area contributed by atoms with E-state index >= 15 is 0 Å². The summed E-state index contributed by atoms with van der Waals surface area (Å²) in [6.07, 6.45) is -0.299. The molecule has 2 rings (SSSR count). The minimum Gasteiger partial charge on any atom is -0.458 e. The molecule has 2 aromatic rings. The standard InChI is InChI=1S/2C10H12O2/c2*1-8(12-9(2)11)10-6-4-3-5-7-10/h2*3-8H,1-2H3/t2*8-/m10/s1. The third-order valence-electron chi connectivity index (χ3n) is 3.22. The summed E-state index contributed by atoms with van der Waals surface area (Å²) in [5.41, 5.74) is 2.04. The average molecular weight is 328 g/mol. The van der Waals surface area contributed by atoms with Crippen molar-refractivity contribution in [3.8, 4) is 0 Å². The third kappa shape index (κ3) is 7.58. The van der Waals surface area contributed by atoms with E-state index in [1.807, 2.05) is 74.5 Å². The molecule has 128 valence electrons. The van der Waals surface area contributed by atoms with E-state index in [9.17, 15) is 9.59 Å². The molecular weight excluding hydrogens is 304 g/mol. The predicted molar refractivity (Wildman–Crippen MR) is 93.2 cm³/mol. The van der Waals surface area contributed by atoms with Crippen molar-refractivity contribution in [1.82, 2.24) is 0 Å². The molecule has 2 atom stereocenters. The molecule has 0 fully saturated rings. The van der Waals surface area contributed by atoms with Crippen LogP contribution in [0, 0.1) is 0 Å². The maximum absolute atomic E-state index is 10.6. The predicted octanol–water partition coefficient (Wildman–Crippen LogP) is 4.62. The van der Waals surface area contributed by atoms with Crippen LogP contribution in [0.1, 0.15) is 51.0 Å². The van der Waals surface area contributed by atoms with Crippen LogP contribution in [0.3, 0.4) is 0 Å². The zero-order valence-electron chi connectivity index (χ0n) is 14.6. The summed E-state index contributed by atoms with van der Waals surface area (Å²) in [7, 11) is 0. The summed E-state index contributed by atoms with van der Waals surface area (Å²) in [6, 6.07) is 19.3. The van der Waals surface area contributed by atoms with Crippen molar-refractivity contribution in [2.75, 3.05) is 0 Å². The number of hydrogen-bond acceptors (Lipinski definition) is 4. The van der Waals surface area contributed by atoms with Crippen LogP contribution in [-0.4, -0.2) is 11.9 Å². The topological polar surface area (TPSA) is 52.6 Å². The van der Waals surface area contributed by atoms with Gasteiger partial charge in [-0.05, 0) is 25.0 Å². The summed E-state index contributed by atoms with van der Waals surface area (Å²) in [5, 5.41) is 0. The highest BCUT2D eigenvalue weighted by molar-refractivity contribution is 5.66. The van der Waals surface area contributed by atoms with E-state index in [2.05, 4.69) is 0 Å². The fourth-order valence-corrected chi connectivity index (χ4v) is 2.08. The molecule has 0 bridgehead atoms. The van der Waals surface area contributed by atoms with E-state index in [1.54, 1.807) is 0 Å². The second-order valence-corrected chi connectivity index (χ2v) is 5.32. The Labute approximate surface area is 143 Å². The summed E-state index contributed by atoms with van der Waals surface area (Å²) in [6.45, 7) is 6.55. The lowest BCUT2D eigenvalue weighted by atomic mass is 10.1. The zero-order chi connectivity index (χ0) is 17.9. The minimum atomic E-state index is -0.244. The molecule has 0 aliphatic carbocycles. The zero-order valence-corrected chi connectivity index (χ0v) is 14.6. The first-order chi connectivity index (χ1) is 11.4. The van der Waals surface area contributed by atoms with E-state index in [-0.39, 0.29) is 24.1 Å². The summed E-state index contributed by atoms with van der Waals surface area (Å²) < 4.78 is 9.99. The summed E-state index contributed by atoms with van der Waals surface area (Å²) >= 11 is 0. The fourth-order valence-electron chi connectivity index (χ4n) is 2.08. The van der Waals surface area contributed by atoms with Gasteiger partial charge in [0.2, 0.25) is 0 Å². The van der Waals surface area contributed by atoms with Crippen LogP contribution in [0.2, 0.25) is 0 Å². The fraction of sp³-hybridized carbons (Fsp3) is 0.300. The van der Waals surface area contributed by atoms with E-state index in [4.69, 9.17) is 9.47 Å². The second kappa shape index (κ2) is 10.2. The molecule has 0 saturated carbocycles. The van der Waals surface area contributed by atoms with E-state index in [0.29, 0.717) is 0 Å². The van der Waals surface area contributed by atoms with Crippen molar-refractivity contribution >= 4 is 11.9 Å². The van der Waals surface area contributed by atoms with Gasteiger partial charge < -0.3 is 9.47 Å². The van der Waals surface area contributed by atoms with Gasteiger partial charge in [0.05, 0.1) is 0 Å². The van der Waals surface area contributed by atoms with Crippen LogP contribution in [0.4, 0.5) is 0 Å². The van der Waals surface area contributed by atoms with E-state index in [0.717, 1.165) is 11.1 Å². The van der Waals surface area contributed by atoms with Gasteiger partial charge >= 0.3 is 11.9 Å². The number of carbonyl (C=O) groups excluding carboxylic acids is 2. The monoisotopic (exact) mass is 328 g/mol. The smallest absolute Gasteiger partial charge is 0.303 e. The van der Waals surface area contributed by atoms with Gasteiger partial charge in [-0.15, -0.1) is 0 Å². The van der Waals surface area contributed by atoms with Crippen molar-refractivity contribution in [1.29, 1.82) is 0 Å². The molecule has 0 N–H and O–H groups in total. The first-order valence-electron chi connectivity index (χ1n) is 7.84. The molecule has 0 saturated heterocycles. The van der Waals surface area contributed by atoms with Crippen molar-refractivity contribution in [2.45, 2.75) is 39.9 Å². The minimum absolute atomic E-state index is 0.149. The number of ether oxygens (including phenoxy) is 2. The SMILES string of the molecule is CC(=O)O[C@@H](C)c1ccccc1.CC(=O)O[C@H](C)c1ccccc1. The number of hydrogen-bond donors (Lipinski definition) is 0. The summed E-state index contributed by atoms with van der Waals surface area (Å²) in [4.78, 5) is 21.2. The number of benzene rings is 2. The average Bonchev–Trinajstić information content (AvgIpc) is 2.56. The molecule has 4 nitrogen and oxygen atoms in total. The maximum atomic E-state index is 10.6. The normalized spacial score (nSPS) is 12.2. The molecule has 24 heavy (non-hydrogen) atoms. The highest BCUT2D eigenvalue weighted by Gasteiger charge is 2.07. The molecule has 0 heterocycles. The molecule has 0 radical (unpaired) electrons. The van der Waals surface area contributed by atoms with Crippen LogP contribution in [0.5, 0.6) is 0 Å². The number of carbonyl (C=O) groups is 2. The Balaban J connectivity index is 0.000000240. The van der Waals surface area contributed by atoms with Gasteiger partial charge in [-0.3, -0.25) is 9.59 Å². The molecular formula is C20H24O4. The number of rotatable bonds is 4. The van der Waals surface area contributed by atoms with Gasteiger partial charge in [-0.25, -0.2) is 0 Å². The Bertz CT molecular complexity index is 565. The van der Waals surface area contributed by atoms with Crippen LogP contribution in [0.25, 0.3) is 0 Å². The Hall–Kier alpha value is -2.62. The first kappa shape index (κ1) is 19.4. The lowest BCUT2D eigenvalue weighted by Crippen LogP contribution is -2.04. The molecule has 0 aromatic heterocycles. The quantitative estimate of drug-likeness (QED) is 0.768. The molecule has 4 heteroatoms. The maximum Gasteiger partial charge on any atom is 0.303 e. The largest absolute Gasteiger partial charge is 0.458 e. The van der Waals surface area contributed by atoms with Crippen molar-refractivity contribution in [3.05, 3.63) is 71.8 Å². The van der Waals surface area contributed by atoms with Gasteiger partial charge in [-0.1, -0.05) is 60.7 Å². The Morgan fingerprint density at radius 1 is 0.667 bits per heavy atom. The van der Waals surface area contributed by atoms with Crippen LogP contribution in [-0.2, 0) is 19.1 Å². The van der Waals surface area contributed by atoms with Gasteiger partial charge in [0.15, 0.2) is 0 Å². The molecule has 0 unspecified atom stereocenters. The molecule has 0 aliphatic rings. The summed E-state index contributed by atoms with van der Waals surface area (Å²) in [5.74, 6) is -0.488. The third-order valence-corrected chi connectivity index (χ3v) is 3.22. The van der Waals surface area contributed by atoms with Gasteiger partial charge in [0.1, 0.15) is 12.2 Å². The van der Waals surface area contributed by atoms with Gasteiger partial charge in [0.25, 0.3) is 0 Å². The lowest BCUT2D eigenvalue weighted by Gasteiger charge is -2.11. The molecule has 2 aromatic carbocycles. The van der Waals surface area contributed by atoms with Crippen molar-refractivity contribution in [3.63, 3.8) is 0 Å². The Kier molecular flexibility index (Phi) is 8.26. The molecule has 0 aliphatic heterocycles. The van der Waals surface area contributed by atoms with Crippen molar-refractivity contribution < 1.29 is 19.1 Å². The Morgan fingerprint density at radius 3 is 1.21 bits per heavy atom. The van der Waals surface area contributed by atoms with Crippen molar-refractivity contribution in [2.24, 2.45) is 0 Å². The van der Waals surface area contributed by atoms with Crippen LogP contribution < -0.4 is 0 Å². The lowest BCUT2D eigenvalue weighted by molar-refractivity contribution is -0.146. The second-order valence-electron chi connectivity index (χ2n) is 5.32. The highest BCUT2D eigenvalue weighted by atomic mass is 16.5. The highest BCUT2D eigenvalue weighted by Crippen LogP contribution is 2.16.